The standard InChI is InChI=1S/C15H22FNO3/c1-15(17-2,14(18)19-3)9-4-5-10-20-13-8-6-7-12(16)11-13/h6-8,11,17H,4-5,9-10H2,1-3H3. The molecule has 1 aromatic rings. The third kappa shape index (κ3) is 4.81. The minimum Gasteiger partial charge on any atom is -0.493 e. The molecule has 0 aliphatic heterocycles. The molecule has 5 heteroatoms. The average molecular weight is 283 g/mol. The van der Waals surface area contributed by atoms with E-state index in [1.807, 2.05) is 6.92 Å². The van der Waals surface area contributed by atoms with E-state index in [2.05, 4.69) is 5.32 Å². The van der Waals surface area contributed by atoms with Crippen molar-refractivity contribution in [2.24, 2.45) is 0 Å². The van der Waals surface area contributed by atoms with Crippen molar-refractivity contribution < 1.29 is 18.7 Å². The van der Waals surface area contributed by atoms with Crippen LogP contribution in [0.3, 0.4) is 0 Å². The topological polar surface area (TPSA) is 47.6 Å². The fourth-order valence-electron chi connectivity index (χ4n) is 1.88. The van der Waals surface area contributed by atoms with Crippen LogP contribution in [0.1, 0.15) is 26.2 Å². The van der Waals surface area contributed by atoms with Gasteiger partial charge in [0.2, 0.25) is 0 Å². The Morgan fingerprint density at radius 3 is 2.75 bits per heavy atom. The first kappa shape index (κ1) is 16.4. The van der Waals surface area contributed by atoms with Gasteiger partial charge >= 0.3 is 5.97 Å². The maximum absolute atomic E-state index is 12.9. The minimum atomic E-state index is -0.673. The van der Waals surface area contributed by atoms with Crippen LogP contribution in [-0.2, 0) is 9.53 Å². The fourth-order valence-corrected chi connectivity index (χ4v) is 1.88. The van der Waals surface area contributed by atoms with Gasteiger partial charge in [0.15, 0.2) is 0 Å². The van der Waals surface area contributed by atoms with Gasteiger partial charge in [-0.1, -0.05) is 6.07 Å². The largest absolute Gasteiger partial charge is 0.493 e. The quantitative estimate of drug-likeness (QED) is 0.588. The van der Waals surface area contributed by atoms with E-state index in [0.29, 0.717) is 18.8 Å². The van der Waals surface area contributed by atoms with Gasteiger partial charge < -0.3 is 14.8 Å². The number of ether oxygens (including phenoxy) is 2. The predicted octanol–water partition coefficient (Wildman–Crippen LogP) is 2.53. The van der Waals surface area contributed by atoms with E-state index in [1.54, 1.807) is 19.2 Å². The molecular formula is C15H22FNO3. The number of nitrogens with one attached hydrogen (secondary N) is 1. The van der Waals surface area contributed by atoms with Gasteiger partial charge in [-0.25, -0.2) is 4.39 Å². The average Bonchev–Trinajstić information content (AvgIpc) is 2.45. The van der Waals surface area contributed by atoms with E-state index in [4.69, 9.17) is 9.47 Å². The number of likely N-dealkylation sites (N-methyl/N-ethyl adjacent to an activating group) is 1. The van der Waals surface area contributed by atoms with E-state index in [9.17, 15) is 9.18 Å². The highest BCUT2D eigenvalue weighted by Crippen LogP contribution is 2.16. The molecule has 1 N–H and O–H groups in total. The summed E-state index contributed by atoms with van der Waals surface area (Å²) in [5, 5.41) is 2.98. The number of rotatable bonds is 8. The van der Waals surface area contributed by atoms with E-state index < -0.39 is 5.54 Å². The number of esters is 1. The highest BCUT2D eigenvalue weighted by molar-refractivity contribution is 5.80. The van der Waals surface area contributed by atoms with Crippen LogP contribution in [0.5, 0.6) is 5.75 Å². The van der Waals surface area contributed by atoms with Crippen LogP contribution in [0.25, 0.3) is 0 Å². The maximum atomic E-state index is 12.9. The van der Waals surface area contributed by atoms with Crippen molar-refractivity contribution in [2.75, 3.05) is 20.8 Å². The Morgan fingerprint density at radius 2 is 2.15 bits per heavy atom. The maximum Gasteiger partial charge on any atom is 0.325 e. The molecule has 0 radical (unpaired) electrons. The first-order chi connectivity index (χ1) is 9.51. The zero-order chi connectivity index (χ0) is 15.0. The van der Waals surface area contributed by atoms with Gasteiger partial charge in [-0.05, 0) is 45.4 Å². The Bertz CT molecular complexity index is 439. The summed E-state index contributed by atoms with van der Waals surface area (Å²) in [6, 6.07) is 6.06. The molecule has 1 unspecified atom stereocenters. The number of halogens is 1. The molecular weight excluding hydrogens is 261 g/mol. The van der Waals surface area contributed by atoms with Gasteiger partial charge in [-0.2, -0.15) is 0 Å². The lowest BCUT2D eigenvalue weighted by Crippen LogP contribution is -2.48. The summed E-state index contributed by atoms with van der Waals surface area (Å²) in [5.74, 6) is -0.0589. The molecule has 112 valence electrons. The highest BCUT2D eigenvalue weighted by Gasteiger charge is 2.31. The number of hydrogen-bond donors (Lipinski definition) is 1. The lowest BCUT2D eigenvalue weighted by atomic mass is 9.95. The SMILES string of the molecule is CNC(C)(CCCCOc1cccc(F)c1)C(=O)OC. The van der Waals surface area contributed by atoms with Crippen LogP contribution in [0.2, 0.25) is 0 Å². The Morgan fingerprint density at radius 1 is 1.40 bits per heavy atom. The van der Waals surface area contributed by atoms with Crippen LogP contribution in [0.15, 0.2) is 24.3 Å². The minimum absolute atomic E-state index is 0.272. The number of unbranched alkanes of at least 4 members (excludes halogenated alkanes) is 1. The molecule has 0 aliphatic carbocycles. The summed E-state index contributed by atoms with van der Waals surface area (Å²) < 4.78 is 23.1. The zero-order valence-electron chi connectivity index (χ0n) is 12.2. The van der Waals surface area contributed by atoms with Crippen LogP contribution in [0, 0.1) is 5.82 Å². The number of carbonyl (C=O) groups is 1. The molecule has 1 atom stereocenters. The molecule has 0 heterocycles. The van der Waals surface area contributed by atoms with E-state index in [1.165, 1.54) is 19.2 Å². The molecule has 0 spiro atoms. The molecule has 0 saturated heterocycles. The Balaban J connectivity index is 2.29. The Kier molecular flexibility index (Phi) is 6.45. The second-order valence-electron chi connectivity index (χ2n) is 4.84. The highest BCUT2D eigenvalue weighted by atomic mass is 19.1. The van der Waals surface area contributed by atoms with Crippen molar-refractivity contribution in [3.8, 4) is 5.75 Å². The normalized spacial score (nSPS) is 13.6. The second kappa shape index (κ2) is 7.85. The predicted molar refractivity (Wildman–Crippen MR) is 75.2 cm³/mol. The number of benzene rings is 1. The van der Waals surface area contributed by atoms with Crippen LogP contribution in [0.4, 0.5) is 4.39 Å². The monoisotopic (exact) mass is 283 g/mol. The number of carbonyl (C=O) groups excluding carboxylic acids is 1. The lowest BCUT2D eigenvalue weighted by molar-refractivity contribution is -0.148. The first-order valence-corrected chi connectivity index (χ1v) is 6.67. The molecule has 4 nitrogen and oxygen atoms in total. The van der Waals surface area contributed by atoms with E-state index in [-0.39, 0.29) is 11.8 Å². The summed E-state index contributed by atoms with van der Waals surface area (Å²) in [7, 11) is 3.12. The van der Waals surface area contributed by atoms with Crippen LogP contribution in [-0.4, -0.2) is 32.3 Å². The van der Waals surface area contributed by atoms with Gasteiger partial charge in [0, 0.05) is 6.07 Å². The van der Waals surface area contributed by atoms with Gasteiger partial charge in [0.05, 0.1) is 13.7 Å². The van der Waals surface area contributed by atoms with Crippen molar-refractivity contribution in [3.63, 3.8) is 0 Å². The van der Waals surface area contributed by atoms with Crippen LogP contribution < -0.4 is 10.1 Å². The van der Waals surface area contributed by atoms with Gasteiger partial charge in [0.1, 0.15) is 17.1 Å². The molecule has 0 saturated carbocycles. The van der Waals surface area contributed by atoms with Gasteiger partial charge in [0.25, 0.3) is 0 Å². The molecule has 0 bridgehead atoms. The van der Waals surface area contributed by atoms with Crippen LogP contribution >= 0.6 is 0 Å². The van der Waals surface area contributed by atoms with E-state index in [0.717, 1.165) is 12.8 Å². The molecule has 0 aromatic heterocycles. The molecule has 0 fully saturated rings. The smallest absolute Gasteiger partial charge is 0.325 e. The molecule has 0 amide bonds. The number of methoxy groups -OCH3 is 1. The molecule has 0 aliphatic rings. The summed E-state index contributed by atoms with van der Waals surface area (Å²) in [6.07, 6.45) is 2.25. The summed E-state index contributed by atoms with van der Waals surface area (Å²) in [6.45, 7) is 2.30. The molecule has 1 rings (SSSR count). The van der Waals surface area contributed by atoms with Crippen molar-refractivity contribution in [2.45, 2.75) is 31.7 Å². The number of hydrogen-bond acceptors (Lipinski definition) is 4. The van der Waals surface area contributed by atoms with Crippen molar-refractivity contribution in [1.82, 2.24) is 5.32 Å². The summed E-state index contributed by atoms with van der Waals surface area (Å²) in [4.78, 5) is 11.6. The third-order valence-electron chi connectivity index (χ3n) is 3.32. The third-order valence-corrected chi connectivity index (χ3v) is 3.32. The van der Waals surface area contributed by atoms with Gasteiger partial charge in [-0.3, -0.25) is 4.79 Å². The lowest BCUT2D eigenvalue weighted by Gasteiger charge is -2.25. The Hall–Kier alpha value is -1.62. The Labute approximate surface area is 119 Å². The van der Waals surface area contributed by atoms with Crippen molar-refractivity contribution >= 4 is 5.97 Å². The molecule has 1 aromatic carbocycles. The van der Waals surface area contributed by atoms with Crippen molar-refractivity contribution in [1.29, 1.82) is 0 Å². The zero-order valence-corrected chi connectivity index (χ0v) is 12.2. The van der Waals surface area contributed by atoms with Gasteiger partial charge in [-0.15, -0.1) is 0 Å². The fraction of sp³-hybridized carbons (Fsp3) is 0.533. The second-order valence-corrected chi connectivity index (χ2v) is 4.84. The van der Waals surface area contributed by atoms with E-state index >= 15 is 0 Å². The van der Waals surface area contributed by atoms with Crippen molar-refractivity contribution in [3.05, 3.63) is 30.1 Å². The summed E-state index contributed by atoms with van der Waals surface area (Å²) >= 11 is 0. The summed E-state index contributed by atoms with van der Waals surface area (Å²) in [5.41, 5.74) is -0.673. The first-order valence-electron chi connectivity index (χ1n) is 6.67. The molecule has 20 heavy (non-hydrogen) atoms.